The van der Waals surface area contributed by atoms with Crippen LogP contribution in [0.5, 0.6) is 0 Å². The number of hydrogen-bond donors (Lipinski definition) is 0. The molecule has 0 saturated carbocycles. The summed E-state index contributed by atoms with van der Waals surface area (Å²) in [5.41, 5.74) is 15.6. The molecule has 0 unspecified atom stereocenters. The van der Waals surface area contributed by atoms with E-state index < -0.39 is 0 Å². The van der Waals surface area contributed by atoms with Gasteiger partial charge >= 0.3 is 0 Å². The fourth-order valence-corrected chi connectivity index (χ4v) is 5.57. The van der Waals surface area contributed by atoms with Crippen LogP contribution in [0.25, 0.3) is 55.8 Å². The molecule has 0 saturated heterocycles. The van der Waals surface area contributed by atoms with Crippen molar-refractivity contribution in [1.82, 2.24) is 15.0 Å². The van der Waals surface area contributed by atoms with Gasteiger partial charge < -0.3 is 14.4 Å². The minimum absolute atomic E-state index is 0. The number of furan rings is 1. The van der Waals surface area contributed by atoms with Crippen LogP contribution >= 0.6 is 0 Å². The Bertz CT molecular complexity index is 2100. The predicted molar refractivity (Wildman–Crippen MR) is 181 cm³/mol. The third-order valence-electron chi connectivity index (χ3n) is 8.01. The molecule has 0 aliphatic rings. The second kappa shape index (κ2) is 13.3. The van der Waals surface area contributed by atoms with Gasteiger partial charge in [0.05, 0.1) is 11.3 Å². The first-order valence-electron chi connectivity index (χ1n) is 14.9. The van der Waals surface area contributed by atoms with Crippen LogP contribution in [0, 0.1) is 60.6 Å². The van der Waals surface area contributed by atoms with Gasteiger partial charge in [-0.2, -0.15) is 0 Å². The molecular formula is C40H35IrN3O-2. The first kappa shape index (κ1) is 32.0. The van der Waals surface area contributed by atoms with Crippen molar-refractivity contribution in [3.05, 3.63) is 136 Å². The van der Waals surface area contributed by atoms with Gasteiger partial charge in [-0.15, -0.1) is 53.6 Å². The molecule has 4 nitrogen and oxygen atoms in total. The maximum Gasteiger partial charge on any atom is 0.216 e. The number of aryl methyl sites for hydroxylation is 7. The summed E-state index contributed by atoms with van der Waals surface area (Å²) >= 11 is 0. The molecule has 45 heavy (non-hydrogen) atoms. The molecule has 1 radical (unpaired) electrons. The molecule has 0 N–H and O–H groups in total. The van der Waals surface area contributed by atoms with Gasteiger partial charge in [0.25, 0.3) is 0 Å². The largest absolute Gasteiger partial charge is 0.486 e. The maximum absolute atomic E-state index is 6.28. The van der Waals surface area contributed by atoms with Crippen LogP contribution in [-0.4, -0.2) is 15.0 Å². The van der Waals surface area contributed by atoms with Gasteiger partial charge in [-0.25, -0.2) is 4.98 Å². The SMILES string of the molecule is Cc1c[c-]c(-c2cc(C)c(C)cn2)cc1.Cc1cc(C)nc(-c2[c-]ccc3c2oc2nc(-c4c(C)cccc4C)ccc23)c1.[Ir]. The summed E-state index contributed by atoms with van der Waals surface area (Å²) in [6, 6.07) is 33.4. The molecule has 7 rings (SSSR count). The fourth-order valence-electron chi connectivity index (χ4n) is 5.57. The van der Waals surface area contributed by atoms with Crippen molar-refractivity contribution < 1.29 is 24.5 Å². The Morgan fingerprint density at radius 3 is 2.09 bits per heavy atom. The summed E-state index contributed by atoms with van der Waals surface area (Å²) in [5.74, 6) is 0. The first-order chi connectivity index (χ1) is 21.2. The summed E-state index contributed by atoms with van der Waals surface area (Å²) in [7, 11) is 0. The van der Waals surface area contributed by atoms with Gasteiger partial charge in [0.15, 0.2) is 0 Å². The summed E-state index contributed by atoms with van der Waals surface area (Å²) in [6.45, 7) is 14.6. The van der Waals surface area contributed by atoms with E-state index in [1.807, 2.05) is 31.3 Å². The third kappa shape index (κ3) is 6.66. The van der Waals surface area contributed by atoms with E-state index in [1.54, 1.807) is 0 Å². The number of aromatic nitrogens is 3. The molecule has 4 aromatic heterocycles. The standard InChI is InChI=1S/C26H21N2O.C14H14N.Ir/c1-15-13-18(4)27-23(14-15)21-10-6-9-19-20-11-12-22(28-26(20)29-25(19)21)24-16(2)7-5-8-17(24)3;1-10-4-6-13(7-5-10)14-8-11(2)12(3)9-15-14;/h5-9,11-14H,1-4H3;4-6,8-9H,1-3H3;/q2*-1;. The number of fused-ring (bicyclic) bond motifs is 3. The van der Waals surface area contributed by atoms with E-state index in [0.29, 0.717) is 5.71 Å². The summed E-state index contributed by atoms with van der Waals surface area (Å²) < 4.78 is 6.28. The van der Waals surface area contributed by atoms with Gasteiger partial charge in [0, 0.05) is 42.9 Å². The zero-order valence-corrected chi connectivity index (χ0v) is 29.1. The monoisotopic (exact) mass is 766 g/mol. The van der Waals surface area contributed by atoms with Crippen molar-refractivity contribution in [3.63, 3.8) is 0 Å². The van der Waals surface area contributed by atoms with E-state index in [1.165, 1.54) is 33.4 Å². The van der Waals surface area contributed by atoms with Crippen molar-refractivity contribution in [2.75, 3.05) is 0 Å². The van der Waals surface area contributed by atoms with E-state index in [0.717, 1.165) is 55.8 Å². The average Bonchev–Trinajstić information content (AvgIpc) is 3.37. The van der Waals surface area contributed by atoms with Gasteiger partial charge in [-0.1, -0.05) is 59.3 Å². The molecule has 0 aliphatic heterocycles. The maximum atomic E-state index is 6.28. The van der Waals surface area contributed by atoms with Crippen molar-refractivity contribution in [2.24, 2.45) is 0 Å². The van der Waals surface area contributed by atoms with E-state index >= 15 is 0 Å². The molecule has 7 aromatic rings. The van der Waals surface area contributed by atoms with Gasteiger partial charge in [0.1, 0.15) is 0 Å². The number of rotatable bonds is 3. The van der Waals surface area contributed by atoms with E-state index in [4.69, 9.17) is 14.4 Å². The molecule has 0 spiro atoms. The molecular weight excluding hydrogens is 731 g/mol. The molecule has 0 amide bonds. The molecule has 3 aromatic carbocycles. The van der Waals surface area contributed by atoms with Crippen molar-refractivity contribution >= 4 is 22.1 Å². The van der Waals surface area contributed by atoms with Crippen LogP contribution in [-0.2, 0) is 20.1 Å². The zero-order valence-electron chi connectivity index (χ0n) is 26.7. The Labute approximate surface area is 279 Å². The van der Waals surface area contributed by atoms with Gasteiger partial charge in [-0.05, 0) is 87.8 Å². The van der Waals surface area contributed by atoms with Crippen molar-refractivity contribution in [2.45, 2.75) is 48.5 Å². The quantitative estimate of drug-likeness (QED) is 0.168. The van der Waals surface area contributed by atoms with Crippen LogP contribution in [0.3, 0.4) is 0 Å². The van der Waals surface area contributed by atoms with Crippen LogP contribution in [0.2, 0.25) is 0 Å². The van der Waals surface area contributed by atoms with E-state index in [9.17, 15) is 0 Å². The van der Waals surface area contributed by atoms with Crippen LogP contribution in [0.1, 0.15) is 39.1 Å². The fraction of sp³-hybridized carbons (Fsp3) is 0.175. The normalized spacial score (nSPS) is 10.8. The molecule has 4 heterocycles. The Morgan fingerprint density at radius 2 is 1.40 bits per heavy atom. The molecule has 0 fully saturated rings. The second-order valence-corrected chi connectivity index (χ2v) is 11.6. The number of hydrogen-bond acceptors (Lipinski definition) is 4. The topological polar surface area (TPSA) is 51.8 Å². The number of benzene rings is 3. The Morgan fingerprint density at radius 1 is 0.622 bits per heavy atom. The predicted octanol–water partition coefficient (Wildman–Crippen LogP) is 10.2. The second-order valence-electron chi connectivity index (χ2n) is 11.6. The molecule has 227 valence electrons. The van der Waals surface area contributed by atoms with Crippen molar-refractivity contribution in [3.8, 4) is 33.8 Å². The molecule has 5 heteroatoms. The van der Waals surface area contributed by atoms with Gasteiger partial charge in [0.2, 0.25) is 5.71 Å². The average molecular weight is 766 g/mol. The van der Waals surface area contributed by atoms with Crippen LogP contribution < -0.4 is 0 Å². The number of pyridine rings is 3. The first-order valence-corrected chi connectivity index (χ1v) is 14.9. The Balaban J connectivity index is 0.000000212. The summed E-state index contributed by atoms with van der Waals surface area (Å²) in [6.07, 6.45) is 1.92. The van der Waals surface area contributed by atoms with Crippen LogP contribution in [0.15, 0.2) is 89.5 Å². The van der Waals surface area contributed by atoms with Crippen LogP contribution in [0.4, 0.5) is 0 Å². The smallest absolute Gasteiger partial charge is 0.216 e. The minimum atomic E-state index is 0. The summed E-state index contributed by atoms with van der Waals surface area (Å²) in [4.78, 5) is 14.0. The summed E-state index contributed by atoms with van der Waals surface area (Å²) in [5, 5.41) is 2.05. The Hall–Kier alpha value is -4.44. The van der Waals surface area contributed by atoms with E-state index in [-0.39, 0.29) is 20.1 Å². The molecule has 0 aliphatic carbocycles. The molecule has 0 bridgehead atoms. The number of nitrogens with zero attached hydrogens (tertiary/aromatic N) is 3. The van der Waals surface area contributed by atoms with E-state index in [2.05, 4.69) is 119 Å². The molecule has 0 atom stereocenters. The zero-order chi connectivity index (χ0) is 31.0. The Kier molecular flexibility index (Phi) is 9.43. The van der Waals surface area contributed by atoms with Gasteiger partial charge in [-0.3, -0.25) is 0 Å². The van der Waals surface area contributed by atoms with Crippen molar-refractivity contribution in [1.29, 1.82) is 0 Å². The minimum Gasteiger partial charge on any atom is -0.486 e. The third-order valence-corrected chi connectivity index (χ3v) is 8.01.